The molecule has 0 bridgehead atoms. The lowest BCUT2D eigenvalue weighted by Gasteiger charge is -2.34. The van der Waals surface area contributed by atoms with Crippen molar-refractivity contribution in [3.05, 3.63) is 24.4 Å². The highest BCUT2D eigenvalue weighted by molar-refractivity contribution is 7.92. The van der Waals surface area contributed by atoms with Gasteiger partial charge in [-0.15, -0.1) is 0 Å². The summed E-state index contributed by atoms with van der Waals surface area (Å²) < 4.78 is 25.1. The third-order valence-corrected chi connectivity index (χ3v) is 6.75. The van der Waals surface area contributed by atoms with E-state index in [0.717, 1.165) is 23.7 Å². The van der Waals surface area contributed by atoms with E-state index in [1.165, 1.54) is 0 Å². The van der Waals surface area contributed by atoms with Gasteiger partial charge in [-0.25, -0.2) is 8.42 Å². The summed E-state index contributed by atoms with van der Waals surface area (Å²) in [7, 11) is -3.52. The van der Waals surface area contributed by atoms with Crippen LogP contribution in [-0.4, -0.2) is 48.2 Å². The Morgan fingerprint density at radius 1 is 1.38 bits per heavy atom. The Labute approximate surface area is 141 Å². The van der Waals surface area contributed by atoms with Crippen molar-refractivity contribution in [2.75, 3.05) is 24.7 Å². The van der Waals surface area contributed by atoms with Gasteiger partial charge in [-0.05, 0) is 51.1 Å². The number of nitrogens with zero attached hydrogens (tertiary/aromatic N) is 2. The van der Waals surface area contributed by atoms with Crippen LogP contribution in [-0.2, 0) is 21.2 Å². The summed E-state index contributed by atoms with van der Waals surface area (Å²) in [6.45, 7) is 3.75. The zero-order chi connectivity index (χ0) is 17.4. The summed E-state index contributed by atoms with van der Waals surface area (Å²) in [5.74, 6) is -0.451. The van der Waals surface area contributed by atoms with Crippen molar-refractivity contribution in [3.8, 4) is 0 Å². The zero-order valence-electron chi connectivity index (χ0n) is 13.9. The average Bonchev–Trinajstić information content (AvgIpc) is 2.96. The minimum Gasteiger partial charge on any atom is -0.325 e. The molecule has 0 saturated carbocycles. The number of amides is 1. The fourth-order valence-corrected chi connectivity index (χ4v) is 4.58. The van der Waals surface area contributed by atoms with E-state index in [1.54, 1.807) is 12.3 Å². The number of hydrogen-bond donors (Lipinski definition) is 2. The predicted octanol–water partition coefficient (Wildman–Crippen LogP) is 1.16. The minimum atomic E-state index is -3.52. The van der Waals surface area contributed by atoms with Crippen LogP contribution < -0.4 is 10.6 Å². The number of fused-ring (bicyclic) bond motifs is 1. The third kappa shape index (κ3) is 2.80. The summed E-state index contributed by atoms with van der Waals surface area (Å²) in [6, 6.07) is 5.49. The smallest absolute Gasteiger partial charge is 0.245 e. The maximum atomic E-state index is 12.8. The first kappa shape index (κ1) is 16.9. The molecule has 1 aliphatic rings. The molecule has 2 N–H and O–H groups in total. The van der Waals surface area contributed by atoms with Gasteiger partial charge in [-0.1, -0.05) is 0 Å². The molecule has 1 amide bonds. The van der Waals surface area contributed by atoms with Gasteiger partial charge in [-0.2, -0.15) is 5.10 Å². The number of nitrogens with one attached hydrogen (secondary N) is 2. The van der Waals surface area contributed by atoms with E-state index >= 15 is 0 Å². The van der Waals surface area contributed by atoms with Crippen LogP contribution in [0.1, 0.15) is 19.8 Å². The van der Waals surface area contributed by atoms with Crippen LogP contribution in [0.5, 0.6) is 0 Å². The maximum absolute atomic E-state index is 12.8. The van der Waals surface area contributed by atoms with Crippen LogP contribution in [0.4, 0.5) is 5.69 Å². The minimum absolute atomic E-state index is 0.285. The summed E-state index contributed by atoms with van der Waals surface area (Å²) >= 11 is 0. The van der Waals surface area contributed by atoms with Crippen LogP contribution in [0, 0.1) is 0 Å². The van der Waals surface area contributed by atoms with Gasteiger partial charge in [0.25, 0.3) is 0 Å². The quantitative estimate of drug-likeness (QED) is 0.863. The van der Waals surface area contributed by atoms with Crippen molar-refractivity contribution in [2.45, 2.75) is 31.1 Å². The van der Waals surface area contributed by atoms with Gasteiger partial charge >= 0.3 is 0 Å². The molecule has 7 nitrogen and oxygen atoms in total. The number of benzene rings is 1. The molecule has 1 aromatic carbocycles. The molecule has 1 fully saturated rings. The second kappa shape index (κ2) is 6.18. The summed E-state index contributed by atoms with van der Waals surface area (Å²) in [5.41, 5.74) is 1.50. The first-order valence-electron chi connectivity index (χ1n) is 8.05. The van der Waals surface area contributed by atoms with Crippen LogP contribution in [0.25, 0.3) is 10.9 Å². The van der Waals surface area contributed by atoms with Crippen molar-refractivity contribution in [2.24, 2.45) is 0 Å². The molecule has 2 aromatic rings. The Morgan fingerprint density at radius 2 is 2.08 bits per heavy atom. The van der Waals surface area contributed by atoms with E-state index in [9.17, 15) is 13.2 Å². The van der Waals surface area contributed by atoms with Crippen molar-refractivity contribution >= 4 is 32.3 Å². The van der Waals surface area contributed by atoms with Crippen molar-refractivity contribution in [3.63, 3.8) is 0 Å². The number of rotatable bonds is 4. The number of anilines is 1. The topological polar surface area (TPSA) is 93.1 Å². The van der Waals surface area contributed by atoms with Gasteiger partial charge in [0, 0.05) is 23.9 Å². The first-order chi connectivity index (χ1) is 11.4. The van der Waals surface area contributed by atoms with Gasteiger partial charge < -0.3 is 10.6 Å². The highest BCUT2D eigenvalue weighted by Gasteiger charge is 2.48. The van der Waals surface area contributed by atoms with Crippen LogP contribution in [0.15, 0.2) is 24.4 Å². The van der Waals surface area contributed by atoms with Crippen LogP contribution >= 0.6 is 0 Å². The maximum Gasteiger partial charge on any atom is 0.245 e. The number of piperidine rings is 1. The molecular formula is C16H22N4O3S. The van der Waals surface area contributed by atoms with Gasteiger partial charge in [0.2, 0.25) is 5.91 Å². The molecule has 2 heterocycles. The van der Waals surface area contributed by atoms with Crippen molar-refractivity contribution in [1.82, 2.24) is 15.1 Å². The largest absolute Gasteiger partial charge is 0.325 e. The van der Waals surface area contributed by atoms with Crippen molar-refractivity contribution in [1.29, 1.82) is 0 Å². The fraction of sp³-hybridized carbons (Fsp3) is 0.500. The number of hydrogen-bond acceptors (Lipinski definition) is 5. The number of carbonyl (C=O) groups excluding carboxylic acids is 1. The number of aromatic nitrogens is 2. The Bertz CT molecular complexity index is 867. The van der Waals surface area contributed by atoms with Gasteiger partial charge in [0.1, 0.15) is 0 Å². The molecule has 0 unspecified atom stereocenters. The number of aryl methyl sites for hydroxylation is 1. The molecule has 130 valence electrons. The molecule has 24 heavy (non-hydrogen) atoms. The number of carbonyl (C=O) groups is 1. The van der Waals surface area contributed by atoms with Gasteiger partial charge in [0.15, 0.2) is 14.6 Å². The molecule has 0 aliphatic carbocycles. The highest BCUT2D eigenvalue weighted by atomic mass is 32.2. The molecule has 0 atom stereocenters. The Balaban J connectivity index is 1.93. The van der Waals surface area contributed by atoms with E-state index < -0.39 is 20.5 Å². The van der Waals surface area contributed by atoms with Crippen LogP contribution in [0.3, 0.4) is 0 Å². The Hall–Kier alpha value is -1.93. The Kier molecular flexibility index (Phi) is 4.35. The lowest BCUT2D eigenvalue weighted by molar-refractivity contribution is -0.119. The van der Waals surface area contributed by atoms with E-state index in [2.05, 4.69) is 15.7 Å². The summed E-state index contributed by atoms with van der Waals surface area (Å²) in [4.78, 5) is 12.8. The average molecular weight is 350 g/mol. The van der Waals surface area contributed by atoms with E-state index in [4.69, 9.17) is 0 Å². The molecule has 3 rings (SSSR count). The normalized spacial score (nSPS) is 17.8. The van der Waals surface area contributed by atoms with E-state index in [1.807, 2.05) is 23.7 Å². The third-order valence-electron chi connectivity index (χ3n) is 4.74. The monoisotopic (exact) mass is 350 g/mol. The zero-order valence-corrected chi connectivity index (χ0v) is 14.7. The second-order valence-corrected chi connectivity index (χ2v) is 8.53. The lowest BCUT2D eigenvalue weighted by Crippen LogP contribution is -2.55. The molecule has 1 aliphatic heterocycles. The van der Waals surface area contributed by atoms with Gasteiger partial charge in [-0.3, -0.25) is 9.48 Å². The van der Waals surface area contributed by atoms with Crippen molar-refractivity contribution < 1.29 is 13.2 Å². The molecule has 0 spiro atoms. The lowest BCUT2D eigenvalue weighted by atomic mass is 9.95. The standard InChI is InChI=1S/C16H22N4O3S/c1-3-20-14-10-13(5-4-12(14)11-18-20)19-15(21)16(24(2,22)23)6-8-17-9-7-16/h4-5,10-11,17H,3,6-9H2,1-2H3,(H,19,21). The van der Waals surface area contributed by atoms with E-state index in [0.29, 0.717) is 18.8 Å². The molecule has 1 saturated heterocycles. The highest BCUT2D eigenvalue weighted by Crippen LogP contribution is 2.30. The first-order valence-corrected chi connectivity index (χ1v) is 9.94. The Morgan fingerprint density at radius 3 is 2.71 bits per heavy atom. The molecule has 1 aromatic heterocycles. The molecular weight excluding hydrogens is 328 g/mol. The predicted molar refractivity (Wildman–Crippen MR) is 93.7 cm³/mol. The molecule has 8 heteroatoms. The SMILES string of the molecule is CCn1ncc2ccc(NC(=O)C3(S(C)(=O)=O)CCNCC3)cc21. The second-order valence-electron chi connectivity index (χ2n) is 6.20. The number of sulfone groups is 1. The van der Waals surface area contributed by atoms with E-state index in [-0.39, 0.29) is 12.8 Å². The van der Waals surface area contributed by atoms with Crippen LogP contribution in [0.2, 0.25) is 0 Å². The summed E-state index contributed by atoms with van der Waals surface area (Å²) in [6.07, 6.45) is 3.49. The summed E-state index contributed by atoms with van der Waals surface area (Å²) in [5, 5.41) is 11.2. The van der Waals surface area contributed by atoms with Gasteiger partial charge in [0.05, 0.1) is 11.7 Å². The molecule has 0 radical (unpaired) electrons. The fourth-order valence-electron chi connectivity index (χ4n) is 3.24.